The number of ether oxygens (including phenoxy) is 1. The van der Waals surface area contributed by atoms with Crippen molar-refractivity contribution in [1.29, 1.82) is 0 Å². The Labute approximate surface area is 121 Å². The van der Waals surface area contributed by atoms with Crippen LogP contribution in [0.25, 0.3) is 0 Å². The normalized spacial score (nSPS) is 26.8. The molecular formula is C16H27N3O. The molecule has 4 nitrogen and oxygen atoms in total. The molecule has 0 bridgehead atoms. The molecule has 2 unspecified atom stereocenters. The molecular weight excluding hydrogens is 250 g/mol. The molecule has 1 aromatic heterocycles. The SMILES string of the molecule is COC1CCC(n2c(C(C)(C)C)nc3c2CCNC3)C1. The Morgan fingerprint density at radius 2 is 2.10 bits per heavy atom. The van der Waals surface area contributed by atoms with Crippen molar-refractivity contribution in [2.24, 2.45) is 0 Å². The van der Waals surface area contributed by atoms with Crippen molar-refractivity contribution in [2.75, 3.05) is 13.7 Å². The van der Waals surface area contributed by atoms with Crippen LogP contribution in [0.4, 0.5) is 0 Å². The van der Waals surface area contributed by atoms with E-state index in [1.807, 2.05) is 7.11 Å². The maximum Gasteiger partial charge on any atom is 0.114 e. The second-order valence-corrected chi connectivity index (χ2v) is 7.20. The first kappa shape index (κ1) is 14.1. The third-order valence-corrected chi connectivity index (χ3v) is 4.65. The van der Waals surface area contributed by atoms with Gasteiger partial charge in [0.05, 0.1) is 11.8 Å². The van der Waals surface area contributed by atoms with Gasteiger partial charge in [-0.15, -0.1) is 0 Å². The lowest BCUT2D eigenvalue weighted by atomic mass is 9.95. The van der Waals surface area contributed by atoms with Crippen LogP contribution in [0, 0.1) is 0 Å². The predicted molar refractivity (Wildman–Crippen MR) is 80.0 cm³/mol. The van der Waals surface area contributed by atoms with E-state index in [-0.39, 0.29) is 5.41 Å². The highest BCUT2D eigenvalue weighted by Crippen LogP contribution is 2.37. The van der Waals surface area contributed by atoms with E-state index in [9.17, 15) is 0 Å². The van der Waals surface area contributed by atoms with Gasteiger partial charge in [-0.1, -0.05) is 20.8 Å². The van der Waals surface area contributed by atoms with Gasteiger partial charge in [0, 0.05) is 43.8 Å². The molecule has 4 heteroatoms. The number of fused-ring (bicyclic) bond motifs is 1. The monoisotopic (exact) mass is 277 g/mol. The summed E-state index contributed by atoms with van der Waals surface area (Å²) in [6, 6.07) is 0.573. The van der Waals surface area contributed by atoms with E-state index < -0.39 is 0 Å². The smallest absolute Gasteiger partial charge is 0.114 e. The van der Waals surface area contributed by atoms with Crippen LogP contribution in [-0.2, 0) is 23.1 Å². The van der Waals surface area contributed by atoms with Crippen LogP contribution in [-0.4, -0.2) is 29.3 Å². The number of nitrogens with zero attached hydrogens (tertiary/aromatic N) is 2. The van der Waals surface area contributed by atoms with Crippen molar-refractivity contribution in [3.05, 3.63) is 17.2 Å². The molecule has 1 aliphatic heterocycles. The van der Waals surface area contributed by atoms with Gasteiger partial charge >= 0.3 is 0 Å². The number of imidazole rings is 1. The summed E-state index contributed by atoms with van der Waals surface area (Å²) in [6.45, 7) is 8.81. The summed E-state index contributed by atoms with van der Waals surface area (Å²) in [7, 11) is 1.84. The molecule has 1 aliphatic carbocycles. The van der Waals surface area contributed by atoms with Crippen LogP contribution >= 0.6 is 0 Å². The zero-order chi connectivity index (χ0) is 14.3. The molecule has 1 saturated carbocycles. The van der Waals surface area contributed by atoms with E-state index in [4.69, 9.17) is 9.72 Å². The topological polar surface area (TPSA) is 39.1 Å². The predicted octanol–water partition coefficient (Wildman–Crippen LogP) is 2.57. The van der Waals surface area contributed by atoms with Crippen molar-refractivity contribution in [3.63, 3.8) is 0 Å². The third-order valence-electron chi connectivity index (χ3n) is 4.65. The summed E-state index contributed by atoms with van der Waals surface area (Å²) >= 11 is 0. The first-order valence-corrected chi connectivity index (χ1v) is 7.84. The number of hydrogen-bond acceptors (Lipinski definition) is 3. The van der Waals surface area contributed by atoms with Gasteiger partial charge in [-0.25, -0.2) is 4.98 Å². The number of methoxy groups -OCH3 is 1. The standard InChI is InChI=1S/C16H27N3O/c1-16(2,3)15-18-13-10-17-8-7-14(13)19(15)11-5-6-12(9-11)20-4/h11-12,17H,5-10H2,1-4H3. The number of rotatable bonds is 2. The fraction of sp³-hybridized carbons (Fsp3) is 0.812. The zero-order valence-electron chi connectivity index (χ0n) is 13.2. The lowest BCUT2D eigenvalue weighted by Gasteiger charge is -2.26. The molecule has 0 aromatic carbocycles. The minimum atomic E-state index is 0.0997. The second kappa shape index (κ2) is 5.15. The number of aromatic nitrogens is 2. The second-order valence-electron chi connectivity index (χ2n) is 7.20. The van der Waals surface area contributed by atoms with Crippen LogP contribution in [0.15, 0.2) is 0 Å². The fourth-order valence-corrected chi connectivity index (χ4v) is 3.62. The van der Waals surface area contributed by atoms with E-state index in [0.717, 1.165) is 25.9 Å². The van der Waals surface area contributed by atoms with Gasteiger partial charge in [0.2, 0.25) is 0 Å². The molecule has 2 aliphatic rings. The van der Waals surface area contributed by atoms with Gasteiger partial charge in [0.15, 0.2) is 0 Å². The Bertz CT molecular complexity index is 487. The third kappa shape index (κ3) is 2.40. The minimum absolute atomic E-state index is 0.0997. The number of hydrogen-bond donors (Lipinski definition) is 1. The molecule has 2 heterocycles. The van der Waals surface area contributed by atoms with Gasteiger partial charge in [-0.2, -0.15) is 0 Å². The van der Waals surface area contributed by atoms with E-state index in [1.54, 1.807) is 0 Å². The van der Waals surface area contributed by atoms with Crippen molar-refractivity contribution < 1.29 is 4.74 Å². The average molecular weight is 277 g/mol. The van der Waals surface area contributed by atoms with E-state index in [1.165, 1.54) is 30.1 Å². The molecule has 112 valence electrons. The van der Waals surface area contributed by atoms with E-state index >= 15 is 0 Å². The van der Waals surface area contributed by atoms with Crippen LogP contribution in [0.5, 0.6) is 0 Å². The maximum absolute atomic E-state index is 5.56. The Morgan fingerprint density at radius 3 is 2.75 bits per heavy atom. The molecule has 1 fully saturated rings. The van der Waals surface area contributed by atoms with Gasteiger partial charge in [0.25, 0.3) is 0 Å². The number of nitrogens with one attached hydrogen (secondary N) is 1. The largest absolute Gasteiger partial charge is 0.381 e. The van der Waals surface area contributed by atoms with Crippen molar-refractivity contribution in [1.82, 2.24) is 14.9 Å². The lowest BCUT2D eigenvalue weighted by molar-refractivity contribution is 0.105. The molecule has 0 radical (unpaired) electrons. The molecule has 0 spiro atoms. The fourth-order valence-electron chi connectivity index (χ4n) is 3.62. The van der Waals surface area contributed by atoms with Crippen LogP contribution in [0.3, 0.4) is 0 Å². The maximum atomic E-state index is 5.56. The summed E-state index contributed by atoms with van der Waals surface area (Å²) in [6.07, 6.45) is 5.06. The van der Waals surface area contributed by atoms with E-state index in [2.05, 4.69) is 30.7 Å². The first-order chi connectivity index (χ1) is 9.50. The minimum Gasteiger partial charge on any atom is -0.381 e. The lowest BCUT2D eigenvalue weighted by Crippen LogP contribution is -2.27. The Hall–Kier alpha value is -0.870. The van der Waals surface area contributed by atoms with Crippen molar-refractivity contribution >= 4 is 0 Å². The van der Waals surface area contributed by atoms with Gasteiger partial charge in [0.1, 0.15) is 5.82 Å². The summed E-state index contributed by atoms with van der Waals surface area (Å²) in [5, 5.41) is 3.44. The molecule has 2 atom stereocenters. The van der Waals surface area contributed by atoms with E-state index in [0.29, 0.717) is 12.1 Å². The Kier molecular flexibility index (Phi) is 3.63. The van der Waals surface area contributed by atoms with Gasteiger partial charge < -0.3 is 14.6 Å². The summed E-state index contributed by atoms with van der Waals surface area (Å²) < 4.78 is 8.13. The Balaban J connectivity index is 2.01. The van der Waals surface area contributed by atoms with Crippen LogP contribution < -0.4 is 5.32 Å². The highest BCUT2D eigenvalue weighted by molar-refractivity contribution is 5.25. The summed E-state index contributed by atoms with van der Waals surface area (Å²) in [5.41, 5.74) is 2.83. The molecule has 3 rings (SSSR count). The highest BCUT2D eigenvalue weighted by atomic mass is 16.5. The first-order valence-electron chi connectivity index (χ1n) is 7.84. The average Bonchev–Trinajstić information content (AvgIpc) is 3.01. The summed E-state index contributed by atoms with van der Waals surface area (Å²) in [4.78, 5) is 4.98. The quantitative estimate of drug-likeness (QED) is 0.903. The van der Waals surface area contributed by atoms with Crippen LogP contribution in [0.2, 0.25) is 0 Å². The Morgan fingerprint density at radius 1 is 1.30 bits per heavy atom. The molecule has 1 aromatic rings. The van der Waals surface area contributed by atoms with Crippen LogP contribution in [0.1, 0.15) is 63.3 Å². The molecule has 0 amide bonds. The van der Waals surface area contributed by atoms with Crippen molar-refractivity contribution in [2.45, 2.75) is 70.6 Å². The highest BCUT2D eigenvalue weighted by Gasteiger charge is 2.34. The zero-order valence-corrected chi connectivity index (χ0v) is 13.2. The molecule has 20 heavy (non-hydrogen) atoms. The molecule has 0 saturated heterocycles. The van der Waals surface area contributed by atoms with Gasteiger partial charge in [-0.05, 0) is 19.3 Å². The van der Waals surface area contributed by atoms with Gasteiger partial charge in [-0.3, -0.25) is 0 Å². The summed E-state index contributed by atoms with van der Waals surface area (Å²) in [5.74, 6) is 1.26. The molecule has 1 N–H and O–H groups in total. The van der Waals surface area contributed by atoms with Crippen molar-refractivity contribution in [3.8, 4) is 0 Å².